The normalized spacial score (nSPS) is 16.7. The van der Waals surface area contributed by atoms with Crippen LogP contribution >= 0.6 is 0 Å². The van der Waals surface area contributed by atoms with E-state index >= 15 is 0 Å². The fraction of sp³-hybridized carbons (Fsp3) is 0.391. The van der Waals surface area contributed by atoms with Gasteiger partial charge in [0.2, 0.25) is 0 Å². The van der Waals surface area contributed by atoms with Gasteiger partial charge in [0.1, 0.15) is 41.5 Å². The summed E-state index contributed by atoms with van der Waals surface area (Å²) in [7, 11) is 1.67. The lowest BCUT2D eigenvalue weighted by Crippen LogP contribution is -2.33. The zero-order chi connectivity index (χ0) is 21.6. The summed E-state index contributed by atoms with van der Waals surface area (Å²) in [5, 5.41) is 12.2. The highest BCUT2D eigenvalue weighted by atomic mass is 16.5. The molecule has 0 radical (unpaired) electrons. The Morgan fingerprint density at radius 2 is 2.10 bits per heavy atom. The predicted molar refractivity (Wildman–Crippen MR) is 115 cm³/mol. The van der Waals surface area contributed by atoms with Crippen molar-refractivity contribution in [3.63, 3.8) is 0 Å². The molecule has 8 nitrogen and oxygen atoms in total. The van der Waals surface area contributed by atoms with Gasteiger partial charge in [-0.2, -0.15) is 5.26 Å². The summed E-state index contributed by atoms with van der Waals surface area (Å²) in [6.07, 6.45) is 5.00. The average Bonchev–Trinajstić information content (AvgIpc) is 3.21. The number of nitrogens with one attached hydrogen (secondary N) is 1. The highest BCUT2D eigenvalue weighted by Crippen LogP contribution is 2.32. The number of piperidine rings is 1. The molecular weight excluding hydrogens is 392 g/mol. The van der Waals surface area contributed by atoms with Crippen LogP contribution < -0.4 is 5.32 Å². The van der Waals surface area contributed by atoms with Crippen molar-refractivity contribution in [3.05, 3.63) is 65.3 Å². The maximum absolute atomic E-state index is 8.92. The van der Waals surface area contributed by atoms with Crippen LogP contribution in [-0.2, 0) is 17.9 Å². The molecule has 1 aliphatic rings. The number of aromatic nitrogens is 3. The van der Waals surface area contributed by atoms with Gasteiger partial charge in [-0.3, -0.25) is 4.90 Å². The van der Waals surface area contributed by atoms with Crippen LogP contribution in [0.1, 0.15) is 54.0 Å². The van der Waals surface area contributed by atoms with Crippen LogP contribution in [0.3, 0.4) is 0 Å². The van der Waals surface area contributed by atoms with Gasteiger partial charge in [-0.1, -0.05) is 6.42 Å². The molecule has 3 aromatic rings. The van der Waals surface area contributed by atoms with Gasteiger partial charge in [-0.15, -0.1) is 0 Å². The average molecular weight is 419 g/mol. The van der Waals surface area contributed by atoms with Crippen molar-refractivity contribution in [2.75, 3.05) is 19.0 Å². The third-order valence-electron chi connectivity index (χ3n) is 5.33. The topological polar surface area (TPSA) is 100 Å². The minimum atomic E-state index is 0.200. The number of rotatable bonds is 7. The molecule has 1 fully saturated rings. The van der Waals surface area contributed by atoms with Gasteiger partial charge in [-0.25, -0.2) is 15.0 Å². The zero-order valence-electron chi connectivity index (χ0n) is 17.8. The molecule has 0 bridgehead atoms. The Morgan fingerprint density at radius 3 is 2.87 bits per heavy atom. The number of furan rings is 1. The molecule has 4 heterocycles. The fourth-order valence-corrected chi connectivity index (χ4v) is 3.95. The number of nitriles is 1. The lowest BCUT2D eigenvalue weighted by Gasteiger charge is -2.35. The lowest BCUT2D eigenvalue weighted by molar-refractivity contribution is 0.121. The Hall–Kier alpha value is -3.28. The monoisotopic (exact) mass is 418 g/mol. The molecule has 0 spiro atoms. The summed E-state index contributed by atoms with van der Waals surface area (Å²) < 4.78 is 11.1. The molecule has 1 aliphatic heterocycles. The molecule has 0 aromatic carbocycles. The maximum atomic E-state index is 8.92. The van der Waals surface area contributed by atoms with Crippen molar-refractivity contribution in [2.45, 2.75) is 45.4 Å². The summed E-state index contributed by atoms with van der Waals surface area (Å²) in [5.74, 6) is 3.21. The number of ether oxygens (including phenoxy) is 1. The van der Waals surface area contributed by atoms with Crippen molar-refractivity contribution < 1.29 is 9.15 Å². The Labute approximate surface area is 181 Å². The molecule has 1 atom stereocenters. The van der Waals surface area contributed by atoms with Crippen LogP contribution in [0.4, 0.5) is 11.5 Å². The van der Waals surface area contributed by atoms with E-state index in [1.165, 1.54) is 6.42 Å². The standard InChI is InChI=1S/C23H26N6O2/c1-16-26-21(11-23(27-16)28-18-7-6-17(12-24)25-13-18)22-5-3-4-10-29(22)14-19-8-9-20(31-19)15-30-2/h6-9,11,13,22H,3-5,10,14-15H2,1-2H3,(H,26,27,28). The van der Waals surface area contributed by atoms with Crippen molar-refractivity contribution in [1.82, 2.24) is 19.9 Å². The van der Waals surface area contributed by atoms with E-state index < -0.39 is 0 Å². The molecule has 3 aromatic heterocycles. The van der Waals surface area contributed by atoms with Gasteiger partial charge in [0.25, 0.3) is 0 Å². The Bertz CT molecular complexity index is 1060. The molecule has 0 aliphatic carbocycles. The number of anilines is 2. The van der Waals surface area contributed by atoms with E-state index in [2.05, 4.69) is 20.2 Å². The van der Waals surface area contributed by atoms with E-state index in [0.29, 0.717) is 18.1 Å². The zero-order valence-corrected chi connectivity index (χ0v) is 17.8. The number of aryl methyl sites for hydroxylation is 1. The molecule has 1 unspecified atom stereocenters. The Kier molecular flexibility index (Phi) is 6.55. The van der Waals surface area contributed by atoms with Crippen molar-refractivity contribution in [1.29, 1.82) is 5.26 Å². The Balaban J connectivity index is 1.53. The number of hydrogen-bond acceptors (Lipinski definition) is 8. The number of nitrogens with zero attached hydrogens (tertiary/aromatic N) is 5. The third-order valence-corrected chi connectivity index (χ3v) is 5.33. The minimum Gasteiger partial charge on any atom is -0.462 e. The number of pyridine rings is 1. The van der Waals surface area contributed by atoms with Gasteiger partial charge in [0, 0.05) is 13.2 Å². The second-order valence-corrected chi connectivity index (χ2v) is 7.68. The van der Waals surface area contributed by atoms with Crippen LogP contribution in [0.5, 0.6) is 0 Å². The highest BCUT2D eigenvalue weighted by Gasteiger charge is 2.26. The highest BCUT2D eigenvalue weighted by molar-refractivity contribution is 5.55. The van der Waals surface area contributed by atoms with E-state index in [4.69, 9.17) is 19.4 Å². The molecule has 0 saturated carbocycles. The number of hydrogen-bond donors (Lipinski definition) is 1. The number of methoxy groups -OCH3 is 1. The van der Waals surface area contributed by atoms with E-state index in [-0.39, 0.29) is 6.04 Å². The summed E-state index contributed by atoms with van der Waals surface area (Å²) in [4.78, 5) is 15.8. The quantitative estimate of drug-likeness (QED) is 0.607. The van der Waals surface area contributed by atoms with Crippen LogP contribution in [0.15, 0.2) is 40.9 Å². The van der Waals surface area contributed by atoms with Crippen molar-refractivity contribution >= 4 is 11.5 Å². The predicted octanol–water partition coefficient (Wildman–Crippen LogP) is 4.26. The first-order chi connectivity index (χ1) is 15.1. The lowest BCUT2D eigenvalue weighted by atomic mass is 9.98. The van der Waals surface area contributed by atoms with Crippen LogP contribution in [0.2, 0.25) is 0 Å². The van der Waals surface area contributed by atoms with Crippen LogP contribution in [0, 0.1) is 18.3 Å². The first-order valence-corrected chi connectivity index (χ1v) is 10.4. The largest absolute Gasteiger partial charge is 0.462 e. The smallest absolute Gasteiger partial charge is 0.140 e. The van der Waals surface area contributed by atoms with Gasteiger partial charge in [0.05, 0.1) is 30.2 Å². The Morgan fingerprint density at radius 1 is 1.23 bits per heavy atom. The van der Waals surface area contributed by atoms with Gasteiger partial charge < -0.3 is 14.5 Å². The van der Waals surface area contributed by atoms with E-state index in [1.54, 1.807) is 19.4 Å². The summed E-state index contributed by atoms with van der Waals surface area (Å²) in [5.41, 5.74) is 2.17. The first-order valence-electron chi connectivity index (χ1n) is 10.4. The maximum Gasteiger partial charge on any atom is 0.140 e. The molecule has 31 heavy (non-hydrogen) atoms. The SMILES string of the molecule is COCc1ccc(CN2CCCCC2c2cc(Nc3ccc(C#N)nc3)nc(C)n2)o1. The summed E-state index contributed by atoms with van der Waals surface area (Å²) in [6.45, 7) is 4.12. The van der Waals surface area contributed by atoms with Crippen LogP contribution in [0.25, 0.3) is 0 Å². The molecule has 1 saturated heterocycles. The van der Waals surface area contributed by atoms with E-state index in [9.17, 15) is 0 Å². The van der Waals surface area contributed by atoms with E-state index in [0.717, 1.165) is 54.7 Å². The van der Waals surface area contributed by atoms with Crippen molar-refractivity contribution in [2.24, 2.45) is 0 Å². The van der Waals surface area contributed by atoms with E-state index in [1.807, 2.05) is 37.3 Å². The third kappa shape index (κ3) is 5.26. The van der Waals surface area contributed by atoms with Crippen molar-refractivity contribution in [3.8, 4) is 6.07 Å². The second kappa shape index (κ2) is 9.69. The molecular formula is C23H26N6O2. The molecule has 0 amide bonds. The van der Waals surface area contributed by atoms with Gasteiger partial charge in [-0.05, 0) is 50.6 Å². The van der Waals surface area contributed by atoms with Crippen LogP contribution in [-0.4, -0.2) is 33.5 Å². The fourth-order valence-electron chi connectivity index (χ4n) is 3.95. The minimum absolute atomic E-state index is 0.200. The second-order valence-electron chi connectivity index (χ2n) is 7.68. The molecule has 4 rings (SSSR count). The summed E-state index contributed by atoms with van der Waals surface area (Å²) >= 11 is 0. The molecule has 8 heteroatoms. The van der Waals surface area contributed by atoms with Gasteiger partial charge in [0.15, 0.2) is 0 Å². The summed E-state index contributed by atoms with van der Waals surface area (Å²) in [6, 6.07) is 11.7. The first kappa shape index (κ1) is 21.0. The molecule has 160 valence electrons. The van der Waals surface area contributed by atoms with Gasteiger partial charge >= 0.3 is 0 Å². The number of likely N-dealkylation sites (tertiary alicyclic amines) is 1. The molecule has 1 N–H and O–H groups in total.